The molecule has 27 heavy (non-hydrogen) atoms. The fraction of sp³-hybridized carbons (Fsp3) is 0.588. The predicted octanol–water partition coefficient (Wildman–Crippen LogP) is 0.693. The van der Waals surface area contributed by atoms with Crippen molar-refractivity contribution in [1.29, 1.82) is 0 Å². The van der Waals surface area contributed by atoms with E-state index in [0.29, 0.717) is 17.8 Å². The number of rotatable bonds is 8. The van der Waals surface area contributed by atoms with E-state index in [2.05, 4.69) is 5.32 Å². The van der Waals surface area contributed by atoms with Crippen molar-refractivity contribution in [3.63, 3.8) is 0 Å². The third-order valence-electron chi connectivity index (χ3n) is 4.03. The molecule has 2 amide bonds. The van der Waals surface area contributed by atoms with Gasteiger partial charge in [0.25, 0.3) is 11.8 Å². The lowest BCUT2D eigenvalue weighted by molar-refractivity contribution is -0.152. The summed E-state index contributed by atoms with van der Waals surface area (Å²) in [6, 6.07) is 2.97. The molecule has 2 rings (SSSR count). The lowest BCUT2D eigenvalue weighted by Gasteiger charge is -2.29. The van der Waals surface area contributed by atoms with Gasteiger partial charge in [-0.1, -0.05) is 19.9 Å². The summed E-state index contributed by atoms with van der Waals surface area (Å²) in [5.41, 5.74) is 0. The maximum atomic E-state index is 12.5. The lowest BCUT2D eigenvalue weighted by atomic mass is 10.1. The molecule has 1 aromatic rings. The second-order valence-electron chi connectivity index (χ2n) is 6.82. The monoisotopic (exact) mass is 416 g/mol. The van der Waals surface area contributed by atoms with E-state index in [-0.39, 0.29) is 35.9 Å². The van der Waals surface area contributed by atoms with E-state index in [1.165, 1.54) is 16.2 Å². The van der Waals surface area contributed by atoms with Gasteiger partial charge in [-0.25, -0.2) is 8.42 Å². The van der Waals surface area contributed by atoms with E-state index in [1.807, 2.05) is 13.8 Å². The van der Waals surface area contributed by atoms with Gasteiger partial charge >= 0.3 is 5.97 Å². The Morgan fingerprint density at radius 1 is 1.37 bits per heavy atom. The average Bonchev–Trinajstić information content (AvgIpc) is 3.24. The molecule has 0 bridgehead atoms. The van der Waals surface area contributed by atoms with Crippen LogP contribution >= 0.6 is 11.3 Å². The van der Waals surface area contributed by atoms with Crippen LogP contribution in [0, 0.1) is 5.92 Å². The number of ether oxygens (including phenoxy) is 1. The summed E-state index contributed by atoms with van der Waals surface area (Å²) < 4.78 is 28.4. The van der Waals surface area contributed by atoms with Gasteiger partial charge in [0.05, 0.1) is 16.4 Å². The molecule has 1 aliphatic heterocycles. The molecule has 10 heteroatoms. The van der Waals surface area contributed by atoms with Crippen molar-refractivity contribution < 1.29 is 27.5 Å². The smallest absolute Gasteiger partial charge is 0.325 e. The number of hydrogen-bond acceptors (Lipinski definition) is 7. The molecule has 1 aromatic heterocycles. The average molecular weight is 417 g/mol. The Morgan fingerprint density at radius 2 is 2.11 bits per heavy atom. The van der Waals surface area contributed by atoms with Crippen LogP contribution in [0.15, 0.2) is 17.5 Å². The minimum Gasteiger partial charge on any atom is -0.454 e. The van der Waals surface area contributed by atoms with E-state index in [4.69, 9.17) is 4.74 Å². The van der Waals surface area contributed by atoms with Gasteiger partial charge in [0.15, 0.2) is 16.4 Å². The van der Waals surface area contributed by atoms with E-state index in [1.54, 1.807) is 17.5 Å². The molecule has 0 aliphatic carbocycles. The van der Waals surface area contributed by atoms with Crippen LogP contribution in [0.25, 0.3) is 0 Å². The normalized spacial score (nSPS) is 18.3. The van der Waals surface area contributed by atoms with E-state index in [0.717, 1.165) is 0 Å². The molecule has 8 nitrogen and oxygen atoms in total. The molecule has 0 spiro atoms. The minimum atomic E-state index is -3.13. The Hall–Kier alpha value is -1.94. The van der Waals surface area contributed by atoms with Crippen molar-refractivity contribution in [2.24, 2.45) is 5.92 Å². The largest absolute Gasteiger partial charge is 0.454 e. The SMILES string of the molecule is CC(C)CN(C(=O)COC(=O)CNC(=O)c1cccs1)[C@H]1CCS(=O)(=O)C1. The standard InChI is InChI=1S/C17H24N2O6S2/c1-12(2)9-19(13-5-7-27(23,24)11-13)15(20)10-25-16(21)8-18-17(22)14-4-3-6-26-14/h3-4,6,12-13H,5,7-11H2,1-2H3,(H,18,22)/t13-/m0/s1. The molecule has 1 atom stereocenters. The van der Waals surface area contributed by atoms with Gasteiger partial charge < -0.3 is 15.0 Å². The molecule has 1 N–H and O–H groups in total. The van der Waals surface area contributed by atoms with Crippen LogP contribution in [-0.2, 0) is 24.2 Å². The van der Waals surface area contributed by atoms with Crippen molar-refractivity contribution >= 4 is 39.0 Å². The van der Waals surface area contributed by atoms with E-state index in [9.17, 15) is 22.8 Å². The fourth-order valence-corrected chi connectivity index (χ4v) is 5.16. The number of sulfone groups is 1. The predicted molar refractivity (Wildman–Crippen MR) is 101 cm³/mol. The highest BCUT2D eigenvalue weighted by atomic mass is 32.2. The molecule has 0 unspecified atom stereocenters. The van der Waals surface area contributed by atoms with Crippen LogP contribution in [0.1, 0.15) is 29.9 Å². The molecule has 150 valence electrons. The van der Waals surface area contributed by atoms with Crippen LogP contribution in [0.4, 0.5) is 0 Å². The van der Waals surface area contributed by atoms with Gasteiger partial charge in [-0.05, 0) is 23.8 Å². The van der Waals surface area contributed by atoms with Crippen LogP contribution in [0.5, 0.6) is 0 Å². The second kappa shape index (κ2) is 9.32. The van der Waals surface area contributed by atoms with Crippen molar-refractivity contribution in [1.82, 2.24) is 10.2 Å². The summed E-state index contributed by atoms with van der Waals surface area (Å²) in [5, 5.41) is 4.18. The first kappa shape index (κ1) is 21.4. The van der Waals surface area contributed by atoms with E-state index >= 15 is 0 Å². The summed E-state index contributed by atoms with van der Waals surface area (Å²) >= 11 is 1.25. The quantitative estimate of drug-likeness (QED) is 0.625. The molecule has 0 saturated carbocycles. The first-order valence-electron chi connectivity index (χ1n) is 8.65. The molecule has 0 radical (unpaired) electrons. The van der Waals surface area contributed by atoms with Crippen molar-refractivity contribution in [2.45, 2.75) is 26.3 Å². The zero-order valence-corrected chi connectivity index (χ0v) is 17.0. The van der Waals surface area contributed by atoms with Crippen molar-refractivity contribution in [2.75, 3.05) is 31.2 Å². The van der Waals surface area contributed by atoms with Gasteiger partial charge in [0, 0.05) is 12.6 Å². The molecular weight excluding hydrogens is 392 g/mol. The molecular formula is C17H24N2O6S2. The third kappa shape index (κ3) is 6.62. The molecule has 2 heterocycles. The Kier molecular flexibility index (Phi) is 7.37. The van der Waals surface area contributed by atoms with E-state index < -0.39 is 28.3 Å². The minimum absolute atomic E-state index is 0.0592. The topological polar surface area (TPSA) is 110 Å². The number of nitrogens with one attached hydrogen (secondary N) is 1. The van der Waals surface area contributed by atoms with Gasteiger partial charge in [-0.3, -0.25) is 14.4 Å². The van der Waals surface area contributed by atoms with Crippen LogP contribution in [-0.4, -0.2) is 68.3 Å². The number of carbonyl (C=O) groups excluding carboxylic acids is 3. The number of hydrogen-bond donors (Lipinski definition) is 1. The van der Waals surface area contributed by atoms with Crippen LogP contribution < -0.4 is 5.32 Å². The van der Waals surface area contributed by atoms with Crippen LogP contribution in [0.3, 0.4) is 0 Å². The second-order valence-corrected chi connectivity index (χ2v) is 9.99. The Bertz CT molecular complexity index is 773. The highest BCUT2D eigenvalue weighted by molar-refractivity contribution is 7.91. The number of nitrogens with zero attached hydrogens (tertiary/aromatic N) is 1. The zero-order valence-electron chi connectivity index (χ0n) is 15.3. The Morgan fingerprint density at radius 3 is 2.67 bits per heavy atom. The summed E-state index contributed by atoms with van der Waals surface area (Å²) in [5.74, 6) is -1.38. The van der Waals surface area contributed by atoms with Gasteiger partial charge in [0.1, 0.15) is 6.54 Å². The van der Waals surface area contributed by atoms with Crippen LogP contribution in [0.2, 0.25) is 0 Å². The highest BCUT2D eigenvalue weighted by Gasteiger charge is 2.35. The first-order valence-corrected chi connectivity index (χ1v) is 11.4. The van der Waals surface area contributed by atoms with Gasteiger partial charge in [0.2, 0.25) is 0 Å². The third-order valence-corrected chi connectivity index (χ3v) is 6.65. The van der Waals surface area contributed by atoms with Crippen molar-refractivity contribution in [3.05, 3.63) is 22.4 Å². The fourth-order valence-electron chi connectivity index (χ4n) is 2.79. The Balaban J connectivity index is 1.83. The summed E-state index contributed by atoms with van der Waals surface area (Å²) in [6.07, 6.45) is 0.394. The molecule has 0 aromatic carbocycles. The lowest BCUT2D eigenvalue weighted by Crippen LogP contribution is -2.45. The van der Waals surface area contributed by atoms with Gasteiger partial charge in [-0.2, -0.15) is 0 Å². The van der Waals surface area contributed by atoms with Gasteiger partial charge in [-0.15, -0.1) is 11.3 Å². The molecule has 1 aliphatic rings. The summed E-state index contributed by atoms with van der Waals surface area (Å²) in [6.45, 7) is 3.43. The first-order chi connectivity index (χ1) is 12.7. The molecule has 1 fully saturated rings. The number of thiophene rings is 1. The van der Waals surface area contributed by atoms with Crippen molar-refractivity contribution in [3.8, 4) is 0 Å². The number of amides is 2. The summed E-state index contributed by atoms with van der Waals surface area (Å²) in [4.78, 5) is 38.0. The zero-order chi connectivity index (χ0) is 20.0. The molecule has 1 saturated heterocycles. The maximum Gasteiger partial charge on any atom is 0.325 e. The number of carbonyl (C=O) groups is 3. The highest BCUT2D eigenvalue weighted by Crippen LogP contribution is 2.19. The maximum absolute atomic E-state index is 12.5. The number of esters is 1. The Labute approximate surface area is 162 Å². The summed E-state index contributed by atoms with van der Waals surface area (Å²) in [7, 11) is -3.13.